The minimum atomic E-state index is -0.350. The molecule has 0 radical (unpaired) electrons. The summed E-state index contributed by atoms with van der Waals surface area (Å²) in [6.45, 7) is 1.25. The fourth-order valence-electron chi connectivity index (χ4n) is 2.10. The Bertz CT molecular complexity index is 426. The summed E-state index contributed by atoms with van der Waals surface area (Å²) in [7, 11) is 3.21. The molecule has 5 heteroatoms. The molecule has 2 rings (SSSR count). The lowest BCUT2D eigenvalue weighted by molar-refractivity contribution is -0.129. The van der Waals surface area contributed by atoms with Crippen molar-refractivity contribution in [2.75, 3.05) is 20.8 Å². The Kier molecular flexibility index (Phi) is 3.72. The topological polar surface area (TPSA) is 64.8 Å². The van der Waals surface area contributed by atoms with Crippen molar-refractivity contribution in [3.8, 4) is 11.5 Å². The van der Waals surface area contributed by atoms with Gasteiger partial charge in [0.1, 0.15) is 11.5 Å². The van der Waals surface area contributed by atoms with Gasteiger partial charge in [0.05, 0.1) is 20.3 Å². The number of carbonyl (C=O) groups excluding carboxylic acids is 1. The molecule has 1 fully saturated rings. The van der Waals surface area contributed by atoms with E-state index in [1.54, 1.807) is 25.2 Å². The molecule has 1 aromatic carbocycles. The van der Waals surface area contributed by atoms with Gasteiger partial charge in [0, 0.05) is 19.2 Å². The Balaban J connectivity index is 2.16. The second kappa shape index (κ2) is 5.27. The zero-order chi connectivity index (χ0) is 13.1. The molecule has 0 bridgehead atoms. The van der Waals surface area contributed by atoms with E-state index in [-0.39, 0.29) is 11.9 Å². The molecule has 1 aromatic rings. The van der Waals surface area contributed by atoms with E-state index in [0.29, 0.717) is 13.1 Å². The van der Waals surface area contributed by atoms with E-state index in [9.17, 15) is 4.79 Å². The SMILES string of the molecule is COc1cc(CN2CCC(N)C2=O)cc(OC)c1. The number of amides is 1. The highest BCUT2D eigenvalue weighted by molar-refractivity contribution is 5.83. The summed E-state index contributed by atoms with van der Waals surface area (Å²) in [4.78, 5) is 13.5. The number of likely N-dealkylation sites (tertiary alicyclic amines) is 1. The number of nitrogens with two attached hydrogens (primary N) is 1. The van der Waals surface area contributed by atoms with E-state index in [0.717, 1.165) is 23.5 Å². The van der Waals surface area contributed by atoms with Crippen molar-refractivity contribution in [3.63, 3.8) is 0 Å². The second-order valence-electron chi connectivity index (χ2n) is 4.38. The summed E-state index contributed by atoms with van der Waals surface area (Å²) in [5, 5.41) is 0. The van der Waals surface area contributed by atoms with E-state index in [4.69, 9.17) is 15.2 Å². The predicted octanol–water partition coefficient (Wildman–Crippen LogP) is 0.763. The number of hydrogen-bond acceptors (Lipinski definition) is 4. The Morgan fingerprint density at radius 3 is 2.33 bits per heavy atom. The third kappa shape index (κ3) is 2.56. The molecule has 1 unspecified atom stereocenters. The first-order chi connectivity index (χ1) is 8.63. The van der Waals surface area contributed by atoms with Gasteiger partial charge in [-0.1, -0.05) is 0 Å². The van der Waals surface area contributed by atoms with Crippen LogP contribution in [0.4, 0.5) is 0 Å². The number of hydrogen-bond donors (Lipinski definition) is 1. The van der Waals surface area contributed by atoms with Crippen molar-refractivity contribution < 1.29 is 14.3 Å². The molecular weight excluding hydrogens is 232 g/mol. The Morgan fingerprint density at radius 1 is 1.28 bits per heavy atom. The van der Waals surface area contributed by atoms with Gasteiger partial charge in [-0.15, -0.1) is 0 Å². The minimum absolute atomic E-state index is 0.0109. The quantitative estimate of drug-likeness (QED) is 0.857. The number of nitrogens with zero attached hydrogens (tertiary/aromatic N) is 1. The van der Waals surface area contributed by atoms with Gasteiger partial charge < -0.3 is 20.1 Å². The van der Waals surface area contributed by atoms with E-state index >= 15 is 0 Å². The van der Waals surface area contributed by atoms with Crippen LogP contribution < -0.4 is 15.2 Å². The van der Waals surface area contributed by atoms with Gasteiger partial charge in [-0.2, -0.15) is 0 Å². The van der Waals surface area contributed by atoms with Crippen LogP contribution in [-0.4, -0.2) is 37.6 Å². The molecule has 0 spiro atoms. The fraction of sp³-hybridized carbons (Fsp3) is 0.462. The van der Waals surface area contributed by atoms with Gasteiger partial charge in [0.15, 0.2) is 0 Å². The molecule has 1 atom stereocenters. The van der Waals surface area contributed by atoms with Crippen molar-refractivity contribution in [1.29, 1.82) is 0 Å². The molecule has 2 N–H and O–H groups in total. The second-order valence-corrected chi connectivity index (χ2v) is 4.38. The van der Waals surface area contributed by atoms with Gasteiger partial charge >= 0.3 is 0 Å². The molecule has 1 heterocycles. The van der Waals surface area contributed by atoms with Crippen molar-refractivity contribution in [2.24, 2.45) is 5.73 Å². The van der Waals surface area contributed by atoms with Gasteiger partial charge in [0.25, 0.3) is 0 Å². The monoisotopic (exact) mass is 250 g/mol. The average molecular weight is 250 g/mol. The van der Waals surface area contributed by atoms with Crippen LogP contribution in [0.5, 0.6) is 11.5 Å². The fourth-order valence-corrected chi connectivity index (χ4v) is 2.10. The van der Waals surface area contributed by atoms with Crippen LogP contribution in [-0.2, 0) is 11.3 Å². The number of benzene rings is 1. The van der Waals surface area contributed by atoms with Gasteiger partial charge in [0.2, 0.25) is 5.91 Å². The van der Waals surface area contributed by atoms with Gasteiger partial charge in [-0.25, -0.2) is 0 Å². The van der Waals surface area contributed by atoms with Crippen LogP contribution in [0.1, 0.15) is 12.0 Å². The zero-order valence-corrected chi connectivity index (χ0v) is 10.7. The molecule has 0 saturated carbocycles. The van der Waals surface area contributed by atoms with E-state index < -0.39 is 0 Å². The zero-order valence-electron chi connectivity index (χ0n) is 10.7. The van der Waals surface area contributed by atoms with Crippen LogP contribution in [0.25, 0.3) is 0 Å². The first-order valence-electron chi connectivity index (χ1n) is 5.90. The standard InChI is InChI=1S/C13H18N2O3/c1-17-10-5-9(6-11(7-10)18-2)8-15-4-3-12(14)13(15)16/h5-7,12H,3-4,8,14H2,1-2H3. The lowest BCUT2D eigenvalue weighted by Crippen LogP contribution is -2.33. The van der Waals surface area contributed by atoms with Crippen LogP contribution in [0.15, 0.2) is 18.2 Å². The highest BCUT2D eigenvalue weighted by Gasteiger charge is 2.28. The minimum Gasteiger partial charge on any atom is -0.497 e. The highest BCUT2D eigenvalue weighted by atomic mass is 16.5. The van der Waals surface area contributed by atoms with Crippen molar-refractivity contribution >= 4 is 5.91 Å². The van der Waals surface area contributed by atoms with Crippen LogP contribution in [0.2, 0.25) is 0 Å². The average Bonchev–Trinajstić information content (AvgIpc) is 2.70. The molecule has 5 nitrogen and oxygen atoms in total. The first kappa shape index (κ1) is 12.7. The Hall–Kier alpha value is -1.75. The third-order valence-electron chi connectivity index (χ3n) is 3.12. The van der Waals surface area contributed by atoms with E-state index in [1.807, 2.05) is 12.1 Å². The highest BCUT2D eigenvalue weighted by Crippen LogP contribution is 2.24. The van der Waals surface area contributed by atoms with E-state index in [1.165, 1.54) is 0 Å². The third-order valence-corrected chi connectivity index (χ3v) is 3.12. The molecule has 1 amide bonds. The molecule has 98 valence electrons. The summed E-state index contributed by atoms with van der Waals surface area (Å²) < 4.78 is 10.4. The molecule has 0 aromatic heterocycles. The van der Waals surface area contributed by atoms with Crippen molar-refractivity contribution in [1.82, 2.24) is 4.90 Å². The summed E-state index contributed by atoms with van der Waals surface area (Å²) in [6.07, 6.45) is 0.722. The summed E-state index contributed by atoms with van der Waals surface area (Å²) in [5.74, 6) is 1.46. The molecule has 0 aliphatic carbocycles. The number of ether oxygens (including phenoxy) is 2. The lowest BCUT2D eigenvalue weighted by atomic mass is 10.2. The first-order valence-corrected chi connectivity index (χ1v) is 5.90. The van der Waals surface area contributed by atoms with Crippen molar-refractivity contribution in [3.05, 3.63) is 23.8 Å². The number of rotatable bonds is 4. The van der Waals surface area contributed by atoms with Gasteiger partial charge in [-0.05, 0) is 24.1 Å². The molecule has 18 heavy (non-hydrogen) atoms. The number of carbonyl (C=O) groups is 1. The molecule has 1 aliphatic heterocycles. The molecular formula is C13H18N2O3. The smallest absolute Gasteiger partial charge is 0.239 e. The summed E-state index contributed by atoms with van der Waals surface area (Å²) in [5.41, 5.74) is 6.67. The van der Waals surface area contributed by atoms with Crippen LogP contribution >= 0.6 is 0 Å². The Morgan fingerprint density at radius 2 is 1.89 bits per heavy atom. The van der Waals surface area contributed by atoms with Gasteiger partial charge in [-0.3, -0.25) is 4.79 Å². The summed E-state index contributed by atoms with van der Waals surface area (Å²) in [6, 6.07) is 5.26. The summed E-state index contributed by atoms with van der Waals surface area (Å²) >= 11 is 0. The molecule has 1 saturated heterocycles. The van der Waals surface area contributed by atoms with Crippen molar-refractivity contribution in [2.45, 2.75) is 19.0 Å². The maximum absolute atomic E-state index is 11.8. The van der Waals surface area contributed by atoms with E-state index in [2.05, 4.69) is 0 Å². The maximum Gasteiger partial charge on any atom is 0.239 e. The lowest BCUT2D eigenvalue weighted by Gasteiger charge is -2.17. The maximum atomic E-state index is 11.8. The normalized spacial score (nSPS) is 19.2. The van der Waals surface area contributed by atoms with Crippen LogP contribution in [0.3, 0.4) is 0 Å². The Labute approximate surface area is 106 Å². The number of methoxy groups -OCH3 is 2. The largest absolute Gasteiger partial charge is 0.497 e. The van der Waals surface area contributed by atoms with Crippen LogP contribution in [0, 0.1) is 0 Å². The predicted molar refractivity (Wildman–Crippen MR) is 67.6 cm³/mol. The molecule has 1 aliphatic rings.